The molecule has 0 saturated heterocycles. The molecule has 1 amide bonds. The molecule has 8 heteroatoms. The molecule has 0 aliphatic carbocycles. The molecular weight excluding hydrogens is 430 g/mol. The first-order valence-corrected chi connectivity index (χ1v) is 11.6. The third-order valence-corrected chi connectivity index (χ3v) is 5.97. The van der Waals surface area contributed by atoms with Crippen LogP contribution in [0.4, 0.5) is 0 Å². The summed E-state index contributed by atoms with van der Waals surface area (Å²) in [5.74, 6) is 1.35. The predicted octanol–water partition coefficient (Wildman–Crippen LogP) is 3.73. The van der Waals surface area contributed by atoms with E-state index in [9.17, 15) is 10.1 Å². The van der Waals surface area contributed by atoms with Crippen LogP contribution in [0.1, 0.15) is 43.9 Å². The van der Waals surface area contributed by atoms with Gasteiger partial charge in [0.2, 0.25) is 11.7 Å². The number of hydrogen-bond donors (Lipinski definition) is 1. The first-order valence-electron chi connectivity index (χ1n) is 11.6. The van der Waals surface area contributed by atoms with Crippen molar-refractivity contribution in [3.05, 3.63) is 53.1 Å². The van der Waals surface area contributed by atoms with Gasteiger partial charge in [0.1, 0.15) is 11.8 Å². The minimum atomic E-state index is -0.443. The molecule has 0 unspecified atom stereocenters. The zero-order valence-electron chi connectivity index (χ0n) is 19.7. The maximum atomic E-state index is 12.5. The number of nitrogens with zero attached hydrogens (tertiary/aromatic N) is 4. The van der Waals surface area contributed by atoms with Gasteiger partial charge in [0.05, 0.1) is 17.7 Å². The largest absolute Gasteiger partial charge is 0.490 e. The second-order valence-electron chi connectivity index (χ2n) is 8.74. The third kappa shape index (κ3) is 4.95. The lowest BCUT2D eigenvalue weighted by molar-refractivity contribution is -0.132. The highest BCUT2D eigenvalue weighted by atomic mass is 16.5. The number of carbonyl (C=O) groups excluding carboxylic acids is 1. The van der Waals surface area contributed by atoms with E-state index in [1.54, 1.807) is 18.2 Å². The molecule has 3 aromatic rings. The number of aromatic nitrogens is 2. The lowest BCUT2D eigenvalue weighted by Crippen LogP contribution is -2.44. The molecule has 0 saturated carbocycles. The third-order valence-electron chi connectivity index (χ3n) is 5.97. The van der Waals surface area contributed by atoms with Crippen LogP contribution in [0.5, 0.6) is 5.75 Å². The molecule has 2 aromatic carbocycles. The number of hydrogen-bond acceptors (Lipinski definition) is 7. The second-order valence-corrected chi connectivity index (χ2v) is 8.74. The molecule has 34 heavy (non-hydrogen) atoms. The van der Waals surface area contributed by atoms with Crippen LogP contribution < -0.4 is 10.5 Å². The van der Waals surface area contributed by atoms with Gasteiger partial charge in [-0.1, -0.05) is 24.2 Å². The fraction of sp³-hybridized carbons (Fsp3) is 0.385. The van der Waals surface area contributed by atoms with Gasteiger partial charge < -0.3 is 19.9 Å². The quantitative estimate of drug-likeness (QED) is 0.597. The molecule has 0 bridgehead atoms. The SMILES string of the molecule is CC[C@H](N)C(=O)N1CCc2ccc(-c3noc(-c4ccc(OC(C)C)c(C#N)c4)n3)cc2CC1. The minimum Gasteiger partial charge on any atom is -0.490 e. The van der Waals surface area contributed by atoms with Crippen molar-refractivity contribution in [3.63, 3.8) is 0 Å². The van der Waals surface area contributed by atoms with E-state index in [4.69, 9.17) is 15.0 Å². The Kier molecular flexibility index (Phi) is 6.94. The van der Waals surface area contributed by atoms with Crippen molar-refractivity contribution in [1.29, 1.82) is 5.26 Å². The highest BCUT2D eigenvalue weighted by Crippen LogP contribution is 2.29. The van der Waals surface area contributed by atoms with Crippen molar-refractivity contribution in [3.8, 4) is 34.7 Å². The number of benzene rings is 2. The number of nitriles is 1. The summed E-state index contributed by atoms with van der Waals surface area (Å²) in [5.41, 5.74) is 10.3. The normalized spacial score (nSPS) is 14.3. The van der Waals surface area contributed by atoms with Crippen molar-refractivity contribution in [1.82, 2.24) is 15.0 Å². The van der Waals surface area contributed by atoms with Crippen molar-refractivity contribution in [2.75, 3.05) is 13.1 Å². The summed E-state index contributed by atoms with van der Waals surface area (Å²) in [6.45, 7) is 7.06. The Balaban J connectivity index is 1.54. The summed E-state index contributed by atoms with van der Waals surface area (Å²) in [6, 6.07) is 13.1. The Morgan fingerprint density at radius 2 is 1.91 bits per heavy atom. The molecule has 1 aromatic heterocycles. The van der Waals surface area contributed by atoms with Gasteiger partial charge in [-0.05, 0) is 68.5 Å². The van der Waals surface area contributed by atoms with Gasteiger partial charge in [-0.15, -0.1) is 0 Å². The van der Waals surface area contributed by atoms with Gasteiger partial charge in [0.25, 0.3) is 5.89 Å². The van der Waals surface area contributed by atoms with E-state index < -0.39 is 6.04 Å². The molecule has 8 nitrogen and oxygen atoms in total. The van der Waals surface area contributed by atoms with Crippen LogP contribution in [0.25, 0.3) is 22.8 Å². The minimum absolute atomic E-state index is 0.0138. The predicted molar refractivity (Wildman–Crippen MR) is 128 cm³/mol. The van der Waals surface area contributed by atoms with E-state index in [1.807, 2.05) is 31.7 Å². The Morgan fingerprint density at radius 3 is 2.62 bits per heavy atom. The average Bonchev–Trinajstić information content (AvgIpc) is 3.24. The number of nitrogens with two attached hydrogens (primary N) is 1. The smallest absolute Gasteiger partial charge is 0.258 e. The average molecular weight is 460 g/mol. The number of carbonyl (C=O) groups is 1. The lowest BCUT2D eigenvalue weighted by atomic mass is 10.00. The van der Waals surface area contributed by atoms with Crippen LogP contribution in [0.3, 0.4) is 0 Å². The van der Waals surface area contributed by atoms with Crippen molar-refractivity contribution in [2.45, 2.75) is 52.2 Å². The summed E-state index contributed by atoms with van der Waals surface area (Å²) in [5, 5.41) is 13.6. The molecule has 2 heterocycles. The van der Waals surface area contributed by atoms with Crippen molar-refractivity contribution in [2.24, 2.45) is 5.73 Å². The molecule has 1 atom stereocenters. The number of fused-ring (bicyclic) bond motifs is 1. The van der Waals surface area contributed by atoms with E-state index in [-0.39, 0.29) is 12.0 Å². The van der Waals surface area contributed by atoms with E-state index in [0.29, 0.717) is 48.1 Å². The van der Waals surface area contributed by atoms with Gasteiger partial charge >= 0.3 is 0 Å². The number of amides is 1. The highest BCUT2D eigenvalue weighted by molar-refractivity contribution is 5.81. The van der Waals surface area contributed by atoms with Gasteiger partial charge in [-0.2, -0.15) is 10.2 Å². The molecule has 176 valence electrons. The van der Waals surface area contributed by atoms with E-state index in [0.717, 1.165) is 18.4 Å². The van der Waals surface area contributed by atoms with Crippen LogP contribution >= 0.6 is 0 Å². The highest BCUT2D eigenvalue weighted by Gasteiger charge is 2.23. The van der Waals surface area contributed by atoms with Crippen molar-refractivity contribution >= 4 is 5.91 Å². The van der Waals surface area contributed by atoms with Crippen LogP contribution in [0.15, 0.2) is 40.9 Å². The lowest BCUT2D eigenvalue weighted by Gasteiger charge is -2.23. The monoisotopic (exact) mass is 459 g/mol. The van der Waals surface area contributed by atoms with Crippen LogP contribution in [0, 0.1) is 11.3 Å². The first kappa shape index (κ1) is 23.5. The van der Waals surface area contributed by atoms with E-state index in [1.165, 1.54) is 11.1 Å². The van der Waals surface area contributed by atoms with Crippen LogP contribution in [0.2, 0.25) is 0 Å². The van der Waals surface area contributed by atoms with Crippen LogP contribution in [-0.4, -0.2) is 46.2 Å². The molecule has 2 N–H and O–H groups in total. The van der Waals surface area contributed by atoms with E-state index in [2.05, 4.69) is 28.3 Å². The fourth-order valence-electron chi connectivity index (χ4n) is 4.06. The maximum absolute atomic E-state index is 12.5. The van der Waals surface area contributed by atoms with Gasteiger partial charge in [-0.3, -0.25) is 4.79 Å². The molecule has 0 spiro atoms. The first-order chi connectivity index (χ1) is 16.4. The van der Waals surface area contributed by atoms with Gasteiger partial charge in [0, 0.05) is 24.2 Å². The van der Waals surface area contributed by atoms with Crippen molar-refractivity contribution < 1.29 is 14.1 Å². The Hall–Kier alpha value is -3.70. The second kappa shape index (κ2) is 10.1. The Labute approximate surface area is 199 Å². The summed E-state index contributed by atoms with van der Waals surface area (Å²) < 4.78 is 11.2. The van der Waals surface area contributed by atoms with Gasteiger partial charge in [-0.25, -0.2) is 0 Å². The summed E-state index contributed by atoms with van der Waals surface area (Å²) in [6.07, 6.45) is 2.14. The summed E-state index contributed by atoms with van der Waals surface area (Å²) >= 11 is 0. The number of ether oxygens (including phenoxy) is 1. The fourth-order valence-corrected chi connectivity index (χ4v) is 4.06. The standard InChI is InChI=1S/C26H29N5O3/c1-4-22(28)26(32)31-11-9-17-5-6-19(13-18(17)10-12-31)24-29-25(34-30-24)20-7-8-23(33-16(2)3)21(14-20)15-27/h5-8,13-14,16,22H,4,9-12,28H2,1-3H3/t22-/m0/s1. The zero-order valence-corrected chi connectivity index (χ0v) is 19.7. The topological polar surface area (TPSA) is 118 Å². The zero-order chi connectivity index (χ0) is 24.2. The molecule has 1 aliphatic heterocycles. The van der Waals surface area contributed by atoms with Crippen LogP contribution in [-0.2, 0) is 17.6 Å². The number of rotatable bonds is 6. The summed E-state index contributed by atoms with van der Waals surface area (Å²) in [4.78, 5) is 18.9. The molecule has 0 fully saturated rings. The van der Waals surface area contributed by atoms with Gasteiger partial charge in [0.15, 0.2) is 0 Å². The molecule has 4 rings (SSSR count). The Morgan fingerprint density at radius 1 is 1.18 bits per heavy atom. The molecule has 0 radical (unpaired) electrons. The molecular formula is C26H29N5O3. The maximum Gasteiger partial charge on any atom is 0.258 e. The van der Waals surface area contributed by atoms with E-state index >= 15 is 0 Å². The summed E-state index contributed by atoms with van der Waals surface area (Å²) in [7, 11) is 0. The molecule has 1 aliphatic rings. The Bertz CT molecular complexity index is 1230.